The minimum absolute atomic E-state index is 0.219. The van der Waals surface area contributed by atoms with E-state index >= 15 is 0 Å². The van der Waals surface area contributed by atoms with Crippen LogP contribution in [-0.4, -0.2) is 20.7 Å². The second-order valence-electron chi connectivity index (χ2n) is 4.89. The van der Waals surface area contributed by atoms with E-state index in [1.54, 1.807) is 13.2 Å². The van der Waals surface area contributed by atoms with Crippen molar-refractivity contribution >= 4 is 28.2 Å². The molecule has 0 aliphatic carbocycles. The molecule has 0 saturated heterocycles. The van der Waals surface area contributed by atoms with E-state index in [0.29, 0.717) is 11.4 Å². The number of aryl methyl sites for hydroxylation is 2. The Bertz CT molecular complexity index is 837. The van der Waals surface area contributed by atoms with Crippen molar-refractivity contribution in [2.45, 2.75) is 6.92 Å². The number of nitrogens with one attached hydrogen (secondary N) is 1. The number of carbonyl (C=O) groups is 1. The first kappa shape index (κ1) is 13.1. The van der Waals surface area contributed by atoms with Crippen molar-refractivity contribution in [2.75, 3.05) is 11.1 Å². The molecule has 1 aromatic carbocycles. The van der Waals surface area contributed by atoms with Gasteiger partial charge in [0.15, 0.2) is 5.69 Å². The number of hydrogen-bond acceptors (Lipinski definition) is 4. The number of aromatic nitrogens is 3. The van der Waals surface area contributed by atoms with E-state index in [9.17, 15) is 4.79 Å². The molecule has 3 rings (SSSR count). The summed E-state index contributed by atoms with van der Waals surface area (Å²) in [5.74, 6) is -0.330. The van der Waals surface area contributed by atoms with Crippen molar-refractivity contribution in [3.8, 4) is 0 Å². The maximum absolute atomic E-state index is 12.3. The van der Waals surface area contributed by atoms with Gasteiger partial charge in [-0.1, -0.05) is 18.2 Å². The molecule has 21 heavy (non-hydrogen) atoms. The minimum atomic E-state index is -0.330. The Balaban J connectivity index is 2.02. The van der Waals surface area contributed by atoms with Gasteiger partial charge in [0.2, 0.25) is 0 Å². The highest BCUT2D eigenvalue weighted by Crippen LogP contribution is 2.23. The van der Waals surface area contributed by atoms with Gasteiger partial charge in [0.1, 0.15) is 0 Å². The summed E-state index contributed by atoms with van der Waals surface area (Å²) in [6.45, 7) is 1.89. The van der Waals surface area contributed by atoms with Crippen molar-refractivity contribution < 1.29 is 4.79 Å². The summed E-state index contributed by atoms with van der Waals surface area (Å²) in [5.41, 5.74) is 8.72. The summed E-state index contributed by atoms with van der Waals surface area (Å²) < 4.78 is 1.51. The van der Waals surface area contributed by atoms with Crippen molar-refractivity contribution in [1.29, 1.82) is 0 Å². The molecule has 0 fully saturated rings. The fraction of sp³-hybridized carbons (Fsp3) is 0.133. The topological polar surface area (TPSA) is 85.8 Å². The minimum Gasteiger partial charge on any atom is -0.396 e. The van der Waals surface area contributed by atoms with Gasteiger partial charge in [0, 0.05) is 24.3 Å². The average molecular weight is 281 g/mol. The monoisotopic (exact) mass is 281 g/mol. The molecular weight excluding hydrogens is 266 g/mol. The maximum Gasteiger partial charge on any atom is 0.278 e. The Morgan fingerprint density at radius 3 is 2.81 bits per heavy atom. The van der Waals surface area contributed by atoms with Crippen LogP contribution in [0, 0.1) is 6.92 Å². The second-order valence-corrected chi connectivity index (χ2v) is 4.89. The highest BCUT2D eigenvalue weighted by Gasteiger charge is 2.15. The highest BCUT2D eigenvalue weighted by molar-refractivity contribution is 6.09. The molecule has 0 aliphatic rings. The second kappa shape index (κ2) is 4.90. The summed E-state index contributed by atoms with van der Waals surface area (Å²) in [5, 5.41) is 7.81. The lowest BCUT2D eigenvalue weighted by Crippen LogP contribution is -2.15. The van der Waals surface area contributed by atoms with Gasteiger partial charge in [-0.2, -0.15) is 5.10 Å². The zero-order chi connectivity index (χ0) is 15.0. The Labute approximate surface area is 121 Å². The van der Waals surface area contributed by atoms with Crippen LogP contribution in [0.1, 0.15) is 16.2 Å². The lowest BCUT2D eigenvalue weighted by molar-refractivity contribution is 0.102. The number of nitrogens with zero attached hydrogens (tertiary/aromatic N) is 3. The van der Waals surface area contributed by atoms with E-state index in [1.165, 1.54) is 4.68 Å². The average Bonchev–Trinajstić information content (AvgIpc) is 2.77. The number of nitrogens with two attached hydrogens (primary N) is 1. The summed E-state index contributed by atoms with van der Waals surface area (Å²) in [6.07, 6.45) is 1.60. The van der Waals surface area contributed by atoms with Crippen LogP contribution < -0.4 is 11.1 Å². The van der Waals surface area contributed by atoms with Gasteiger partial charge in [-0.3, -0.25) is 14.5 Å². The van der Waals surface area contributed by atoms with Crippen LogP contribution >= 0.6 is 0 Å². The van der Waals surface area contributed by atoms with Crippen molar-refractivity contribution in [3.05, 3.63) is 47.9 Å². The zero-order valence-corrected chi connectivity index (χ0v) is 11.8. The van der Waals surface area contributed by atoms with Gasteiger partial charge in [0.25, 0.3) is 5.91 Å². The van der Waals surface area contributed by atoms with Crippen molar-refractivity contribution in [1.82, 2.24) is 14.8 Å². The van der Waals surface area contributed by atoms with Crippen LogP contribution in [-0.2, 0) is 7.05 Å². The summed E-state index contributed by atoms with van der Waals surface area (Å²) in [4.78, 5) is 16.8. The van der Waals surface area contributed by atoms with Crippen LogP contribution in [0.4, 0.5) is 11.4 Å². The number of para-hydroxylation sites is 1. The number of anilines is 2. The molecule has 2 heterocycles. The van der Waals surface area contributed by atoms with E-state index in [0.717, 1.165) is 16.6 Å². The van der Waals surface area contributed by atoms with Gasteiger partial charge in [-0.25, -0.2) is 0 Å². The van der Waals surface area contributed by atoms with Crippen LogP contribution in [0.5, 0.6) is 0 Å². The molecule has 3 aromatic rings. The molecule has 106 valence electrons. The first-order valence-electron chi connectivity index (χ1n) is 6.51. The fourth-order valence-electron chi connectivity index (χ4n) is 2.28. The molecule has 0 atom stereocenters. The first-order chi connectivity index (χ1) is 10.0. The van der Waals surface area contributed by atoms with E-state index in [1.807, 2.05) is 37.3 Å². The Morgan fingerprint density at radius 2 is 2.10 bits per heavy atom. The zero-order valence-electron chi connectivity index (χ0n) is 11.8. The largest absolute Gasteiger partial charge is 0.396 e. The van der Waals surface area contributed by atoms with E-state index in [-0.39, 0.29) is 11.6 Å². The quantitative estimate of drug-likeness (QED) is 0.753. The number of hydrogen-bond donors (Lipinski definition) is 2. The van der Waals surface area contributed by atoms with Crippen LogP contribution in [0.2, 0.25) is 0 Å². The molecule has 0 unspecified atom stereocenters. The van der Waals surface area contributed by atoms with Crippen LogP contribution in [0.25, 0.3) is 10.9 Å². The molecule has 1 amide bonds. The molecule has 0 aliphatic heterocycles. The number of pyridine rings is 1. The van der Waals surface area contributed by atoms with E-state index < -0.39 is 0 Å². The smallest absolute Gasteiger partial charge is 0.278 e. The normalized spacial score (nSPS) is 10.8. The van der Waals surface area contributed by atoms with Gasteiger partial charge >= 0.3 is 0 Å². The maximum atomic E-state index is 12.3. The van der Waals surface area contributed by atoms with Gasteiger partial charge in [-0.05, 0) is 19.1 Å². The molecule has 0 spiro atoms. The van der Waals surface area contributed by atoms with Crippen LogP contribution in [0.3, 0.4) is 0 Å². The molecular formula is C15H15N5O. The molecule has 6 heteroatoms. The molecule has 0 radical (unpaired) electrons. The lowest BCUT2D eigenvalue weighted by atomic mass is 10.1. The molecule has 0 saturated carbocycles. The standard InChI is InChI=1S/C15H15N5O/c1-9-7-13(10-5-3-4-6-12(10)17-9)18-15(21)14-11(16)8-20(2)19-14/h3-8H,16H2,1-2H3,(H,17,18,21). The highest BCUT2D eigenvalue weighted by atomic mass is 16.2. The van der Waals surface area contributed by atoms with Crippen molar-refractivity contribution in [2.24, 2.45) is 7.05 Å². The third kappa shape index (κ3) is 2.43. The summed E-state index contributed by atoms with van der Waals surface area (Å²) in [7, 11) is 1.72. The fourth-order valence-corrected chi connectivity index (χ4v) is 2.28. The number of benzene rings is 1. The third-order valence-corrected chi connectivity index (χ3v) is 3.16. The first-order valence-corrected chi connectivity index (χ1v) is 6.51. The number of carbonyl (C=O) groups excluding carboxylic acids is 1. The number of amides is 1. The lowest BCUT2D eigenvalue weighted by Gasteiger charge is -2.09. The summed E-state index contributed by atoms with van der Waals surface area (Å²) >= 11 is 0. The predicted octanol–water partition coefficient (Wildman–Crippen LogP) is 2.11. The van der Waals surface area contributed by atoms with E-state index in [2.05, 4.69) is 15.4 Å². The molecule has 6 nitrogen and oxygen atoms in total. The SMILES string of the molecule is Cc1cc(NC(=O)c2nn(C)cc2N)c2ccccc2n1. The van der Waals surface area contributed by atoms with E-state index in [4.69, 9.17) is 5.73 Å². The van der Waals surface area contributed by atoms with Gasteiger partial charge < -0.3 is 11.1 Å². The Morgan fingerprint density at radius 1 is 1.33 bits per heavy atom. The summed E-state index contributed by atoms with van der Waals surface area (Å²) in [6, 6.07) is 9.48. The number of fused-ring (bicyclic) bond motifs is 1. The van der Waals surface area contributed by atoms with Crippen molar-refractivity contribution in [3.63, 3.8) is 0 Å². The third-order valence-electron chi connectivity index (χ3n) is 3.16. The predicted molar refractivity (Wildman–Crippen MR) is 82.1 cm³/mol. The Kier molecular flexibility index (Phi) is 3.06. The number of rotatable bonds is 2. The molecule has 0 bridgehead atoms. The van der Waals surface area contributed by atoms with Crippen LogP contribution in [0.15, 0.2) is 36.5 Å². The molecule has 2 aromatic heterocycles. The van der Waals surface area contributed by atoms with Gasteiger partial charge in [-0.15, -0.1) is 0 Å². The van der Waals surface area contributed by atoms with Gasteiger partial charge in [0.05, 0.1) is 16.9 Å². The molecule has 3 N–H and O–H groups in total. The Hall–Kier alpha value is -2.89. The number of nitrogen functional groups attached to an aromatic ring is 1.